The van der Waals surface area contributed by atoms with Gasteiger partial charge >= 0.3 is 0 Å². The molecule has 0 radical (unpaired) electrons. The number of aromatic nitrogens is 3. The van der Waals surface area contributed by atoms with Crippen molar-refractivity contribution in [3.8, 4) is 12.3 Å². The maximum absolute atomic E-state index is 11.2. The molecule has 0 aromatic carbocycles. The number of nitroso groups, excluding NO2 is 1. The Balaban J connectivity index is 3.43. The van der Waals surface area contributed by atoms with E-state index in [9.17, 15) is 4.91 Å². The van der Waals surface area contributed by atoms with Crippen molar-refractivity contribution in [1.29, 1.82) is 0 Å². The third-order valence-electron chi connectivity index (χ3n) is 4.52. The Hall–Kier alpha value is -3.35. The lowest BCUT2D eigenvalue weighted by molar-refractivity contribution is 0.518. The highest BCUT2D eigenvalue weighted by Gasteiger charge is 2.20. The minimum Gasteiger partial charge on any atom is -0.250 e. The van der Waals surface area contributed by atoms with Gasteiger partial charge in [0.25, 0.3) is 17.8 Å². The smallest absolute Gasteiger partial charge is 0.250 e. The number of terminal acetylenes is 1. The lowest BCUT2D eigenvalue weighted by Gasteiger charge is -2.24. The van der Waals surface area contributed by atoms with Crippen molar-refractivity contribution in [2.45, 2.75) is 48.5 Å². The quantitative estimate of drug-likeness (QED) is 0.219. The molecule has 9 nitrogen and oxygen atoms in total. The van der Waals surface area contributed by atoms with Gasteiger partial charge in [-0.25, -0.2) is 16.7 Å². The average molecular weight is 425 g/mol. The highest BCUT2D eigenvalue weighted by molar-refractivity contribution is 5.53. The number of allylic oxidation sites excluding steroid dienone is 6. The Labute approximate surface area is 184 Å². The topological polar surface area (TPSA) is 127 Å². The van der Waals surface area contributed by atoms with E-state index in [4.69, 9.17) is 18.1 Å². The number of hydrogen-bond acceptors (Lipinski definition) is 9. The molecular weight excluding hydrogens is 392 g/mol. The molecule has 0 saturated heterocycles. The summed E-state index contributed by atoms with van der Waals surface area (Å²) >= 11 is 0. The lowest BCUT2D eigenvalue weighted by atomic mass is 9.87. The predicted molar refractivity (Wildman–Crippen MR) is 126 cm³/mol. The summed E-state index contributed by atoms with van der Waals surface area (Å²) in [6, 6.07) is 0. The molecule has 0 bridgehead atoms. The Morgan fingerprint density at radius 1 is 0.968 bits per heavy atom. The van der Waals surface area contributed by atoms with Crippen molar-refractivity contribution in [3.05, 3.63) is 52.8 Å². The molecule has 1 aromatic rings. The molecule has 1 aromatic heterocycles. The van der Waals surface area contributed by atoms with Crippen LogP contribution in [0.15, 0.2) is 53.0 Å². The second-order valence-electron chi connectivity index (χ2n) is 9.08. The van der Waals surface area contributed by atoms with E-state index in [2.05, 4.69) is 39.2 Å². The van der Waals surface area contributed by atoms with Gasteiger partial charge in [-0.05, 0) is 41.1 Å². The van der Waals surface area contributed by atoms with Gasteiger partial charge in [0, 0.05) is 10.9 Å². The van der Waals surface area contributed by atoms with Gasteiger partial charge in [0.05, 0.1) is 0 Å². The van der Waals surface area contributed by atoms with Crippen LogP contribution in [-0.2, 0) is 0 Å². The summed E-state index contributed by atoms with van der Waals surface area (Å²) in [7, 11) is 0. The third-order valence-corrected chi connectivity index (χ3v) is 4.52. The van der Waals surface area contributed by atoms with E-state index in [1.165, 1.54) is 5.01 Å². The number of nitrogens with two attached hydrogens (primary N) is 2. The number of hydrazine groups is 2. The van der Waals surface area contributed by atoms with Gasteiger partial charge in [0.1, 0.15) is 5.70 Å². The minimum absolute atomic E-state index is 0.0310. The Bertz CT molecular complexity index is 971. The molecule has 0 aliphatic rings. The van der Waals surface area contributed by atoms with Crippen molar-refractivity contribution < 1.29 is 0 Å². The normalized spacial score (nSPS) is 12.8. The maximum Gasteiger partial charge on any atom is 0.297 e. The van der Waals surface area contributed by atoms with Gasteiger partial charge in [-0.1, -0.05) is 60.6 Å². The van der Waals surface area contributed by atoms with E-state index in [1.54, 1.807) is 19.1 Å². The van der Waals surface area contributed by atoms with Gasteiger partial charge in [-0.2, -0.15) is 15.0 Å². The summed E-state index contributed by atoms with van der Waals surface area (Å²) in [4.78, 5) is 23.3. The number of hydrogen-bond donors (Lipinski definition) is 2. The first-order chi connectivity index (χ1) is 14.1. The average Bonchev–Trinajstić information content (AvgIpc) is 2.68. The molecule has 4 N–H and O–H groups in total. The molecule has 0 aliphatic carbocycles. The van der Waals surface area contributed by atoms with E-state index in [-0.39, 0.29) is 34.4 Å². The van der Waals surface area contributed by atoms with Crippen LogP contribution in [-0.4, -0.2) is 15.0 Å². The van der Waals surface area contributed by atoms with E-state index in [0.717, 1.165) is 16.2 Å². The fourth-order valence-corrected chi connectivity index (χ4v) is 1.97. The third kappa shape index (κ3) is 6.84. The number of nitrogens with zero attached hydrogens (tertiary/aromatic N) is 6. The zero-order valence-electron chi connectivity index (χ0n) is 19.4. The standard InChI is InChI=1S/C22H32N8O/c1-11-17(13-15(3)22(8,9)10)30(24)20-26-18(28-31)25-19(27-20)29(23)16(4)12-14(2)21(5,6)7/h1,12-13H,2-3,23-24H2,4-10H3/b16-12-,17-13-. The highest BCUT2D eigenvalue weighted by atomic mass is 16.3. The van der Waals surface area contributed by atoms with Crippen LogP contribution in [0.4, 0.5) is 17.8 Å². The molecule has 0 fully saturated rings. The number of anilines is 2. The summed E-state index contributed by atoms with van der Waals surface area (Å²) in [6.45, 7) is 21.9. The molecule has 166 valence electrons. The zero-order valence-corrected chi connectivity index (χ0v) is 19.4. The first-order valence-corrected chi connectivity index (χ1v) is 9.56. The number of rotatable bonds is 7. The van der Waals surface area contributed by atoms with Crippen molar-refractivity contribution in [3.63, 3.8) is 0 Å². The van der Waals surface area contributed by atoms with Crippen LogP contribution in [0, 0.1) is 28.1 Å². The van der Waals surface area contributed by atoms with Gasteiger partial charge in [-0.3, -0.25) is 5.01 Å². The fourth-order valence-electron chi connectivity index (χ4n) is 1.97. The molecule has 31 heavy (non-hydrogen) atoms. The van der Waals surface area contributed by atoms with Gasteiger partial charge in [0.15, 0.2) is 0 Å². The van der Waals surface area contributed by atoms with Crippen LogP contribution in [0.1, 0.15) is 48.5 Å². The zero-order chi connectivity index (χ0) is 24.1. The lowest BCUT2D eigenvalue weighted by Crippen LogP contribution is -2.35. The van der Waals surface area contributed by atoms with Gasteiger partial charge in [0.2, 0.25) is 0 Å². The SMILES string of the molecule is C#C/C(=C/C(=C)C(C)(C)C)N(N)c1nc(N=O)nc(N(N)/C(C)=C\C(=C)C(C)(C)C)n1. The summed E-state index contributed by atoms with van der Waals surface area (Å²) in [6.07, 6.45) is 9.08. The Morgan fingerprint density at radius 3 is 1.84 bits per heavy atom. The van der Waals surface area contributed by atoms with E-state index in [1.807, 2.05) is 41.5 Å². The van der Waals surface area contributed by atoms with Crippen molar-refractivity contribution in [2.24, 2.45) is 27.7 Å². The molecule has 1 heterocycles. The van der Waals surface area contributed by atoms with Crippen LogP contribution in [0.2, 0.25) is 0 Å². The van der Waals surface area contributed by atoms with Crippen molar-refractivity contribution >= 4 is 17.8 Å². The van der Waals surface area contributed by atoms with Crippen LogP contribution < -0.4 is 21.7 Å². The van der Waals surface area contributed by atoms with E-state index >= 15 is 0 Å². The first-order valence-electron chi connectivity index (χ1n) is 9.56. The maximum atomic E-state index is 11.2. The second-order valence-corrected chi connectivity index (χ2v) is 9.08. The molecule has 0 saturated carbocycles. The van der Waals surface area contributed by atoms with Crippen molar-refractivity contribution in [1.82, 2.24) is 15.0 Å². The predicted octanol–water partition coefficient (Wildman–Crippen LogP) is 4.26. The molecule has 0 unspecified atom stereocenters. The summed E-state index contributed by atoms with van der Waals surface area (Å²) in [5.41, 5.74) is 2.05. The molecule has 0 atom stereocenters. The first kappa shape index (κ1) is 25.7. The Kier molecular flexibility index (Phi) is 7.99. The van der Waals surface area contributed by atoms with Crippen LogP contribution >= 0.6 is 0 Å². The summed E-state index contributed by atoms with van der Waals surface area (Å²) in [5.74, 6) is 14.3. The van der Waals surface area contributed by atoms with Crippen molar-refractivity contribution in [2.75, 3.05) is 10.0 Å². The van der Waals surface area contributed by atoms with E-state index in [0.29, 0.717) is 5.70 Å². The van der Waals surface area contributed by atoms with Gasteiger partial charge < -0.3 is 0 Å². The van der Waals surface area contributed by atoms with E-state index < -0.39 is 0 Å². The molecular formula is C22H32N8O. The molecule has 0 spiro atoms. The molecule has 9 heteroatoms. The van der Waals surface area contributed by atoms with Crippen LogP contribution in [0.5, 0.6) is 0 Å². The summed E-state index contributed by atoms with van der Waals surface area (Å²) < 4.78 is 0. The Morgan fingerprint density at radius 2 is 1.42 bits per heavy atom. The monoisotopic (exact) mass is 424 g/mol. The molecule has 0 amide bonds. The highest BCUT2D eigenvalue weighted by Crippen LogP contribution is 2.28. The molecule has 1 rings (SSSR count). The van der Waals surface area contributed by atoms with Crippen LogP contribution in [0.25, 0.3) is 0 Å². The fraction of sp³-hybridized carbons (Fsp3) is 0.409. The van der Waals surface area contributed by atoms with Crippen LogP contribution in [0.3, 0.4) is 0 Å². The van der Waals surface area contributed by atoms with Gasteiger partial charge in [-0.15, -0.1) is 11.3 Å². The largest absolute Gasteiger partial charge is 0.297 e. The summed E-state index contributed by atoms with van der Waals surface area (Å²) in [5, 5.41) is 5.04. The second kappa shape index (κ2) is 9.64. The minimum atomic E-state index is -0.389. The molecule has 0 aliphatic heterocycles.